The van der Waals surface area contributed by atoms with Crippen LogP contribution in [-0.2, 0) is 12.8 Å². The summed E-state index contributed by atoms with van der Waals surface area (Å²) in [6.07, 6.45) is 2.44. The molecule has 0 saturated heterocycles. The summed E-state index contributed by atoms with van der Waals surface area (Å²) in [4.78, 5) is 1.56. The third kappa shape index (κ3) is 1.43. The van der Waals surface area contributed by atoms with Crippen LogP contribution in [0.5, 0.6) is 0 Å². The van der Waals surface area contributed by atoms with Gasteiger partial charge in [-0.25, -0.2) is 0 Å². The Bertz CT molecular complexity index is 487. The number of quaternary nitrogens is 1. The van der Waals surface area contributed by atoms with Crippen LogP contribution in [0.2, 0.25) is 0 Å². The summed E-state index contributed by atoms with van der Waals surface area (Å²) < 4.78 is 0. The normalized spacial score (nSPS) is 15.9. The highest BCUT2D eigenvalue weighted by Gasteiger charge is 2.24. The van der Waals surface area contributed by atoms with E-state index in [1.54, 1.807) is 4.90 Å². The molecule has 0 aromatic heterocycles. The lowest BCUT2D eigenvalue weighted by Gasteiger charge is -2.27. The maximum absolute atomic E-state index is 2.29. The first-order valence-electron chi connectivity index (χ1n) is 6.05. The minimum absolute atomic E-state index is 0.737. The molecule has 0 aliphatic heterocycles. The van der Waals surface area contributed by atoms with Gasteiger partial charge in [0.15, 0.2) is 0 Å². The molecule has 0 saturated carbocycles. The van der Waals surface area contributed by atoms with E-state index >= 15 is 0 Å². The molecule has 2 aromatic carbocycles. The Kier molecular flexibility index (Phi) is 2.22. The predicted octanol–water partition coefficient (Wildman–Crippen LogP) is 1.45. The molecule has 1 aliphatic rings. The lowest BCUT2D eigenvalue weighted by molar-refractivity contribution is -0.885. The van der Waals surface area contributed by atoms with Gasteiger partial charge in [0.05, 0.1) is 20.1 Å². The van der Waals surface area contributed by atoms with E-state index in [1.165, 1.54) is 34.7 Å². The van der Waals surface area contributed by atoms with Crippen LogP contribution in [0.15, 0.2) is 36.4 Å². The molecule has 1 nitrogen and oxygen atoms in total. The molecular weight excluding hydrogens is 194 g/mol. The fraction of sp³-hybridized carbons (Fsp3) is 0.333. The number of nitrogens with one attached hydrogen (secondary N) is 1. The molecule has 0 fully saturated rings. The van der Waals surface area contributed by atoms with Crippen molar-refractivity contribution in [2.75, 3.05) is 14.1 Å². The van der Waals surface area contributed by atoms with Crippen LogP contribution in [0.25, 0.3) is 10.8 Å². The largest absolute Gasteiger partial charge is 0.337 e. The van der Waals surface area contributed by atoms with Crippen molar-refractivity contribution in [3.05, 3.63) is 47.5 Å². The van der Waals surface area contributed by atoms with Crippen molar-refractivity contribution in [3.63, 3.8) is 0 Å². The molecule has 16 heavy (non-hydrogen) atoms. The summed E-state index contributed by atoms with van der Waals surface area (Å²) in [5.74, 6) is 0. The number of hydrogen-bond donors (Lipinski definition) is 1. The van der Waals surface area contributed by atoms with Gasteiger partial charge in [0.2, 0.25) is 0 Å². The first-order chi connectivity index (χ1) is 7.75. The molecule has 2 aromatic rings. The second kappa shape index (κ2) is 3.60. The zero-order valence-electron chi connectivity index (χ0n) is 9.96. The molecule has 0 atom stereocenters. The molecule has 0 spiro atoms. The number of hydrogen-bond acceptors (Lipinski definition) is 0. The fourth-order valence-electron chi connectivity index (χ4n) is 2.85. The molecule has 1 heteroatoms. The molecular formula is C15H18N+. The van der Waals surface area contributed by atoms with E-state index in [9.17, 15) is 0 Å². The van der Waals surface area contributed by atoms with Crippen LogP contribution < -0.4 is 4.90 Å². The first kappa shape index (κ1) is 9.86. The second-order valence-corrected chi connectivity index (χ2v) is 5.11. The third-order valence-corrected chi connectivity index (χ3v) is 3.83. The van der Waals surface area contributed by atoms with E-state index in [4.69, 9.17) is 0 Å². The van der Waals surface area contributed by atoms with Gasteiger partial charge in [-0.1, -0.05) is 36.4 Å². The van der Waals surface area contributed by atoms with E-state index in [2.05, 4.69) is 50.5 Å². The zero-order valence-corrected chi connectivity index (χ0v) is 9.96. The van der Waals surface area contributed by atoms with Crippen molar-refractivity contribution in [1.29, 1.82) is 0 Å². The summed E-state index contributed by atoms with van der Waals surface area (Å²) >= 11 is 0. The first-order valence-corrected chi connectivity index (χ1v) is 6.05. The fourth-order valence-corrected chi connectivity index (χ4v) is 2.85. The quantitative estimate of drug-likeness (QED) is 0.730. The van der Waals surface area contributed by atoms with Crippen LogP contribution in [0.3, 0.4) is 0 Å². The van der Waals surface area contributed by atoms with Crippen LogP contribution >= 0.6 is 0 Å². The number of rotatable bonds is 1. The van der Waals surface area contributed by atoms with Gasteiger partial charge in [0.1, 0.15) is 0 Å². The van der Waals surface area contributed by atoms with E-state index in [0.29, 0.717) is 0 Å². The maximum atomic E-state index is 2.29. The van der Waals surface area contributed by atoms with Crippen molar-refractivity contribution in [1.82, 2.24) is 0 Å². The van der Waals surface area contributed by atoms with E-state index < -0.39 is 0 Å². The smallest absolute Gasteiger partial charge is 0.0952 e. The van der Waals surface area contributed by atoms with Crippen molar-refractivity contribution in [2.45, 2.75) is 18.9 Å². The van der Waals surface area contributed by atoms with Crippen LogP contribution in [-0.4, -0.2) is 20.1 Å². The highest BCUT2D eigenvalue weighted by molar-refractivity contribution is 5.89. The van der Waals surface area contributed by atoms with Crippen molar-refractivity contribution >= 4 is 10.8 Å². The Balaban J connectivity index is 2.20. The van der Waals surface area contributed by atoms with Gasteiger partial charge in [-0.2, -0.15) is 0 Å². The molecule has 0 radical (unpaired) electrons. The topological polar surface area (TPSA) is 4.44 Å². The SMILES string of the molecule is C[NH+](C)C1Cc2cccc3cccc(c23)C1. The highest BCUT2D eigenvalue weighted by Crippen LogP contribution is 2.28. The Morgan fingerprint density at radius 1 is 0.938 bits per heavy atom. The summed E-state index contributed by atoms with van der Waals surface area (Å²) in [7, 11) is 4.53. The molecule has 1 N–H and O–H groups in total. The van der Waals surface area contributed by atoms with Gasteiger partial charge < -0.3 is 4.90 Å². The van der Waals surface area contributed by atoms with E-state index in [-0.39, 0.29) is 0 Å². The lowest BCUT2D eigenvalue weighted by atomic mass is 9.85. The second-order valence-electron chi connectivity index (χ2n) is 5.11. The van der Waals surface area contributed by atoms with Gasteiger partial charge in [-0.3, -0.25) is 0 Å². The van der Waals surface area contributed by atoms with E-state index in [1.807, 2.05) is 0 Å². The summed E-state index contributed by atoms with van der Waals surface area (Å²) in [6, 6.07) is 14.2. The number of benzene rings is 2. The van der Waals surface area contributed by atoms with E-state index in [0.717, 1.165) is 6.04 Å². The average molecular weight is 212 g/mol. The molecule has 0 unspecified atom stereocenters. The molecule has 0 amide bonds. The monoisotopic (exact) mass is 212 g/mol. The highest BCUT2D eigenvalue weighted by atomic mass is 15.1. The minimum atomic E-state index is 0.737. The Labute approximate surface area is 96.7 Å². The van der Waals surface area contributed by atoms with Crippen LogP contribution in [0.4, 0.5) is 0 Å². The maximum Gasteiger partial charge on any atom is 0.0952 e. The standard InChI is InChI=1S/C15H17N/c1-16(2)14-9-12-7-3-5-11-6-4-8-13(10-14)15(11)12/h3-8,14H,9-10H2,1-2H3/p+1. The molecule has 82 valence electrons. The number of likely N-dealkylation sites (N-methyl/N-ethyl adjacent to an activating group) is 1. The molecule has 3 rings (SSSR count). The minimum Gasteiger partial charge on any atom is -0.337 e. The van der Waals surface area contributed by atoms with Gasteiger partial charge >= 0.3 is 0 Å². The summed E-state index contributed by atoms with van der Waals surface area (Å²) in [5.41, 5.74) is 3.07. The average Bonchev–Trinajstić information content (AvgIpc) is 2.29. The van der Waals surface area contributed by atoms with Gasteiger partial charge in [-0.05, 0) is 21.9 Å². The Morgan fingerprint density at radius 2 is 1.50 bits per heavy atom. The molecule has 1 aliphatic carbocycles. The third-order valence-electron chi connectivity index (χ3n) is 3.83. The molecule has 0 bridgehead atoms. The summed E-state index contributed by atoms with van der Waals surface area (Å²) in [5, 5.41) is 2.92. The zero-order chi connectivity index (χ0) is 11.1. The summed E-state index contributed by atoms with van der Waals surface area (Å²) in [6.45, 7) is 0. The van der Waals surface area contributed by atoms with Gasteiger partial charge in [0.25, 0.3) is 0 Å². The predicted molar refractivity (Wildman–Crippen MR) is 68.0 cm³/mol. The Morgan fingerprint density at radius 3 is 2.00 bits per heavy atom. The lowest BCUT2D eigenvalue weighted by Crippen LogP contribution is -3.10. The van der Waals surface area contributed by atoms with Gasteiger partial charge in [-0.15, -0.1) is 0 Å². The van der Waals surface area contributed by atoms with Crippen molar-refractivity contribution in [2.24, 2.45) is 0 Å². The molecule has 0 heterocycles. The van der Waals surface area contributed by atoms with Crippen molar-refractivity contribution in [3.8, 4) is 0 Å². The van der Waals surface area contributed by atoms with Gasteiger partial charge in [0, 0.05) is 12.8 Å². The Hall–Kier alpha value is -1.34. The van der Waals surface area contributed by atoms with Crippen LogP contribution in [0.1, 0.15) is 11.1 Å². The van der Waals surface area contributed by atoms with Crippen molar-refractivity contribution < 1.29 is 4.90 Å². The van der Waals surface area contributed by atoms with Crippen LogP contribution in [0, 0.1) is 0 Å².